The molecule has 1 amide bonds. The van der Waals surface area contributed by atoms with E-state index >= 15 is 0 Å². The number of aryl methyl sites for hydroxylation is 2. The third-order valence-electron chi connectivity index (χ3n) is 6.22. The molecule has 0 fully saturated rings. The number of rotatable bonds is 4. The number of fused-ring (bicyclic) bond motifs is 4. The van der Waals surface area contributed by atoms with Crippen LogP contribution in [0, 0.1) is 24.0 Å². The Hall–Kier alpha value is -4.67. The topological polar surface area (TPSA) is 152 Å². The second-order valence-corrected chi connectivity index (χ2v) is 8.22. The van der Waals surface area contributed by atoms with Crippen molar-refractivity contribution in [3.8, 4) is 11.6 Å². The summed E-state index contributed by atoms with van der Waals surface area (Å²) in [5.74, 6) is -1.69. The van der Waals surface area contributed by atoms with Crippen LogP contribution in [-0.2, 0) is 19.7 Å². The monoisotopic (exact) mass is 475 g/mol. The van der Waals surface area contributed by atoms with Crippen molar-refractivity contribution in [3.05, 3.63) is 86.4 Å². The minimum Gasteiger partial charge on any atom is -0.462 e. The molecule has 1 spiro atoms. The molecule has 1 atom stereocenters. The first-order chi connectivity index (χ1) is 16.7. The van der Waals surface area contributed by atoms with E-state index in [0.29, 0.717) is 22.6 Å². The fraction of sp³-hybridized carbons (Fsp3) is 0.208. The highest BCUT2D eigenvalue weighted by Crippen LogP contribution is 2.56. The van der Waals surface area contributed by atoms with Crippen LogP contribution >= 0.6 is 0 Å². The van der Waals surface area contributed by atoms with Crippen LogP contribution in [0.3, 0.4) is 0 Å². The number of anilines is 1. The number of nitro benzene ring substituents is 1. The van der Waals surface area contributed by atoms with E-state index in [1.54, 1.807) is 32.9 Å². The summed E-state index contributed by atoms with van der Waals surface area (Å²) in [5.41, 5.74) is 6.23. The number of non-ortho nitro benzene ring substituents is 1. The van der Waals surface area contributed by atoms with Crippen LogP contribution in [0.5, 0.6) is 5.88 Å². The van der Waals surface area contributed by atoms with Gasteiger partial charge in [-0.25, -0.2) is 9.48 Å². The van der Waals surface area contributed by atoms with E-state index in [1.165, 1.54) is 16.8 Å². The molecule has 0 aliphatic carbocycles. The highest BCUT2D eigenvalue weighted by atomic mass is 16.6. The molecule has 0 radical (unpaired) electrons. The number of benzene rings is 2. The van der Waals surface area contributed by atoms with Crippen LogP contribution in [0.2, 0.25) is 0 Å². The van der Waals surface area contributed by atoms with Gasteiger partial charge in [-0.2, -0.15) is 5.10 Å². The van der Waals surface area contributed by atoms with Crippen molar-refractivity contribution >= 4 is 23.3 Å². The number of hydrogen-bond acceptors (Lipinski definition) is 8. The first-order valence-electron chi connectivity index (χ1n) is 10.8. The first kappa shape index (κ1) is 22.1. The van der Waals surface area contributed by atoms with Crippen LogP contribution in [0.4, 0.5) is 11.4 Å². The number of ether oxygens (including phenoxy) is 2. The molecule has 178 valence electrons. The van der Waals surface area contributed by atoms with Gasteiger partial charge in [0.25, 0.3) is 5.69 Å². The second kappa shape index (κ2) is 7.69. The molecule has 0 bridgehead atoms. The molecule has 11 heteroatoms. The van der Waals surface area contributed by atoms with E-state index in [4.69, 9.17) is 15.2 Å². The summed E-state index contributed by atoms with van der Waals surface area (Å²) in [6.45, 7) is 4.95. The number of aromatic nitrogens is 2. The van der Waals surface area contributed by atoms with Gasteiger partial charge in [-0.15, -0.1) is 0 Å². The fourth-order valence-electron chi connectivity index (χ4n) is 4.86. The minimum atomic E-state index is -1.87. The Morgan fingerprint density at radius 2 is 2.00 bits per heavy atom. The van der Waals surface area contributed by atoms with Crippen LogP contribution in [0.25, 0.3) is 5.69 Å². The molecule has 1 aromatic heterocycles. The molecule has 5 rings (SSSR count). The Bertz CT molecular complexity index is 1460. The van der Waals surface area contributed by atoms with Gasteiger partial charge < -0.3 is 20.5 Å². The number of nitrogens with one attached hydrogen (secondary N) is 1. The maximum absolute atomic E-state index is 13.9. The number of amides is 1. The Labute approximate surface area is 199 Å². The Morgan fingerprint density at radius 1 is 1.29 bits per heavy atom. The third-order valence-corrected chi connectivity index (χ3v) is 6.22. The van der Waals surface area contributed by atoms with Crippen molar-refractivity contribution in [2.75, 3.05) is 11.9 Å². The summed E-state index contributed by atoms with van der Waals surface area (Å²) >= 11 is 0. The Morgan fingerprint density at radius 3 is 2.66 bits per heavy atom. The summed E-state index contributed by atoms with van der Waals surface area (Å²) in [7, 11) is 0. The molecule has 2 aromatic carbocycles. The predicted molar refractivity (Wildman–Crippen MR) is 124 cm³/mol. The standard InChI is InChI=1S/C24H21N5O6/c1-4-34-22(30)18-20(25)35-21-17(13(3)27-28(21)14-8-6-5-7-9-14)24(18)16-11-15(29(32)33)10-12(2)19(16)26-23(24)31/h5-11H,4,25H2,1-3H3,(H,26,31). The minimum absolute atomic E-state index is 0.0171. The van der Waals surface area contributed by atoms with E-state index in [2.05, 4.69) is 10.4 Å². The molecule has 11 nitrogen and oxygen atoms in total. The number of carbonyl (C=O) groups is 2. The van der Waals surface area contributed by atoms with E-state index < -0.39 is 22.2 Å². The lowest BCUT2D eigenvalue weighted by molar-refractivity contribution is -0.385. The van der Waals surface area contributed by atoms with Gasteiger partial charge in [0.2, 0.25) is 17.7 Å². The van der Waals surface area contributed by atoms with Crippen LogP contribution < -0.4 is 15.8 Å². The van der Waals surface area contributed by atoms with Crippen LogP contribution in [0.1, 0.15) is 29.3 Å². The van der Waals surface area contributed by atoms with Crippen molar-refractivity contribution in [1.29, 1.82) is 0 Å². The normalized spacial score (nSPS) is 18.1. The molecule has 3 aromatic rings. The highest BCUT2D eigenvalue weighted by molar-refractivity contribution is 6.18. The maximum atomic E-state index is 13.9. The zero-order valence-electron chi connectivity index (χ0n) is 19.1. The van der Waals surface area contributed by atoms with Crippen LogP contribution in [-0.4, -0.2) is 33.2 Å². The number of nitrogens with zero attached hydrogens (tertiary/aromatic N) is 3. The second-order valence-electron chi connectivity index (χ2n) is 8.22. The molecule has 0 saturated heterocycles. The number of nitro groups is 1. The molecule has 0 saturated carbocycles. The lowest BCUT2D eigenvalue weighted by Crippen LogP contribution is -2.46. The zero-order valence-corrected chi connectivity index (χ0v) is 19.1. The van der Waals surface area contributed by atoms with Crippen molar-refractivity contribution in [2.24, 2.45) is 5.73 Å². The summed E-state index contributed by atoms with van der Waals surface area (Å²) in [4.78, 5) is 38.3. The van der Waals surface area contributed by atoms with Crippen molar-refractivity contribution < 1.29 is 24.0 Å². The highest BCUT2D eigenvalue weighted by Gasteiger charge is 2.61. The van der Waals surface area contributed by atoms with Gasteiger partial charge >= 0.3 is 5.97 Å². The molecular weight excluding hydrogens is 454 g/mol. The Kier molecular flexibility index (Phi) is 4.86. The van der Waals surface area contributed by atoms with Gasteiger partial charge in [-0.1, -0.05) is 18.2 Å². The van der Waals surface area contributed by atoms with E-state index in [1.807, 2.05) is 18.2 Å². The molecule has 2 aliphatic heterocycles. The van der Waals surface area contributed by atoms with Gasteiger partial charge in [-0.3, -0.25) is 14.9 Å². The first-order valence-corrected chi connectivity index (χ1v) is 10.8. The smallest absolute Gasteiger partial charge is 0.341 e. The number of para-hydroxylation sites is 1. The molecule has 35 heavy (non-hydrogen) atoms. The number of hydrogen-bond donors (Lipinski definition) is 2. The number of carbonyl (C=O) groups excluding carboxylic acids is 2. The molecule has 3 N–H and O–H groups in total. The van der Waals surface area contributed by atoms with Gasteiger partial charge in [0.15, 0.2) is 0 Å². The lowest BCUT2D eigenvalue weighted by atomic mass is 9.68. The number of esters is 1. The SMILES string of the molecule is CCOC(=O)C1=C(N)Oc2c(c(C)nn2-c2ccccc2)C12C(=O)Nc1c(C)cc([N+](=O)[O-])cc12. The third kappa shape index (κ3) is 2.94. The largest absolute Gasteiger partial charge is 0.462 e. The van der Waals surface area contributed by atoms with Crippen LogP contribution in [0.15, 0.2) is 53.9 Å². The quantitative estimate of drug-likeness (QED) is 0.332. The predicted octanol–water partition coefficient (Wildman–Crippen LogP) is 2.76. The van der Waals surface area contributed by atoms with E-state index in [0.717, 1.165) is 0 Å². The fourth-order valence-corrected chi connectivity index (χ4v) is 4.86. The van der Waals surface area contributed by atoms with Gasteiger partial charge in [-0.05, 0) is 38.5 Å². The number of nitrogens with two attached hydrogens (primary N) is 1. The zero-order chi connectivity index (χ0) is 25.1. The van der Waals surface area contributed by atoms with Crippen molar-refractivity contribution in [1.82, 2.24) is 9.78 Å². The van der Waals surface area contributed by atoms with Gasteiger partial charge in [0.1, 0.15) is 11.0 Å². The summed E-state index contributed by atoms with van der Waals surface area (Å²) in [5, 5.41) is 19.1. The summed E-state index contributed by atoms with van der Waals surface area (Å²) in [6, 6.07) is 11.7. The van der Waals surface area contributed by atoms with E-state index in [-0.39, 0.29) is 40.8 Å². The Balaban J connectivity index is 1.92. The molecule has 1 unspecified atom stereocenters. The molecule has 2 aliphatic rings. The molecule has 3 heterocycles. The lowest BCUT2D eigenvalue weighted by Gasteiger charge is -2.34. The average molecular weight is 475 g/mol. The van der Waals surface area contributed by atoms with Gasteiger partial charge in [0, 0.05) is 23.4 Å². The van der Waals surface area contributed by atoms with E-state index in [9.17, 15) is 19.7 Å². The summed E-state index contributed by atoms with van der Waals surface area (Å²) < 4.78 is 12.7. The maximum Gasteiger partial charge on any atom is 0.341 e. The average Bonchev–Trinajstić information content (AvgIpc) is 3.29. The van der Waals surface area contributed by atoms with Crippen molar-refractivity contribution in [3.63, 3.8) is 0 Å². The van der Waals surface area contributed by atoms with Crippen molar-refractivity contribution in [2.45, 2.75) is 26.2 Å². The summed E-state index contributed by atoms with van der Waals surface area (Å²) in [6.07, 6.45) is 0. The van der Waals surface area contributed by atoms with Gasteiger partial charge in [0.05, 0.1) is 28.5 Å². The molecular formula is C24H21N5O6.